The first-order valence-electron chi connectivity index (χ1n) is 20.4. The lowest BCUT2D eigenvalue weighted by Crippen LogP contribution is -2.55. The Kier molecular flexibility index (Phi) is 18.2. The molecule has 0 bridgehead atoms. The van der Waals surface area contributed by atoms with E-state index < -0.39 is 40.8 Å². The number of ether oxygens (including phenoxy) is 5. The van der Waals surface area contributed by atoms with Gasteiger partial charge in [0.2, 0.25) is 11.9 Å². The van der Waals surface area contributed by atoms with E-state index in [-0.39, 0.29) is 79.6 Å². The fourth-order valence-corrected chi connectivity index (χ4v) is 6.90. The van der Waals surface area contributed by atoms with Gasteiger partial charge in [0.25, 0.3) is 11.8 Å². The SMILES string of the molecule is C=NC(=O)COCCOCCOCCOCCOCC(=O)N1CCN(c2ncc(-c3cc(NC(=O)c4ccc(F)cc4C(F)(F)F)c(N4CC(C)N(C)[C@@H](C)C4)cc3F)cn2)CC1. The highest BCUT2D eigenvalue weighted by atomic mass is 19.4. The molecule has 63 heavy (non-hydrogen) atoms. The highest BCUT2D eigenvalue weighted by Crippen LogP contribution is 2.38. The van der Waals surface area contributed by atoms with Gasteiger partial charge in [-0.05, 0) is 57.9 Å². The maximum Gasteiger partial charge on any atom is 0.417 e. The van der Waals surface area contributed by atoms with Crippen LogP contribution in [0.5, 0.6) is 0 Å². The number of carbonyl (C=O) groups excluding carboxylic acids is 3. The van der Waals surface area contributed by atoms with E-state index in [1.807, 2.05) is 30.7 Å². The summed E-state index contributed by atoms with van der Waals surface area (Å²) in [6.45, 7) is 11.9. The summed E-state index contributed by atoms with van der Waals surface area (Å²) in [4.78, 5) is 56.9. The van der Waals surface area contributed by atoms with Gasteiger partial charge in [0.05, 0.1) is 75.4 Å². The van der Waals surface area contributed by atoms with E-state index >= 15 is 4.39 Å². The molecule has 16 nitrogen and oxygen atoms in total. The molecule has 0 radical (unpaired) electrons. The van der Waals surface area contributed by atoms with Gasteiger partial charge in [-0.25, -0.2) is 23.7 Å². The molecule has 3 amide bonds. The molecule has 1 N–H and O–H groups in total. The number of alkyl halides is 3. The van der Waals surface area contributed by atoms with E-state index in [1.165, 1.54) is 24.5 Å². The van der Waals surface area contributed by atoms with Crippen molar-refractivity contribution < 1.29 is 60.0 Å². The minimum absolute atomic E-state index is 0.00112. The highest BCUT2D eigenvalue weighted by Gasteiger charge is 2.36. The Morgan fingerprint density at radius 1 is 0.794 bits per heavy atom. The number of carbonyl (C=O) groups is 3. The zero-order valence-electron chi connectivity index (χ0n) is 35.5. The van der Waals surface area contributed by atoms with Gasteiger partial charge >= 0.3 is 6.18 Å². The third-order valence-electron chi connectivity index (χ3n) is 10.5. The van der Waals surface area contributed by atoms with Crippen LogP contribution in [0.3, 0.4) is 0 Å². The molecule has 2 atom stereocenters. The summed E-state index contributed by atoms with van der Waals surface area (Å²) in [5, 5.41) is 2.55. The number of likely N-dealkylation sites (N-methyl/N-ethyl adjacent to an activating group) is 1. The molecule has 3 aromatic rings. The zero-order valence-corrected chi connectivity index (χ0v) is 35.5. The molecular weight excluding hydrogens is 839 g/mol. The van der Waals surface area contributed by atoms with Crippen LogP contribution >= 0.6 is 0 Å². The predicted octanol–water partition coefficient (Wildman–Crippen LogP) is 4.18. The predicted molar refractivity (Wildman–Crippen MR) is 223 cm³/mol. The number of benzene rings is 2. The summed E-state index contributed by atoms with van der Waals surface area (Å²) in [5.41, 5.74) is -1.65. The fourth-order valence-electron chi connectivity index (χ4n) is 6.90. The molecule has 5 rings (SSSR count). The van der Waals surface area contributed by atoms with E-state index in [0.29, 0.717) is 78.3 Å². The Bertz CT molecular complexity index is 1990. The second-order valence-corrected chi connectivity index (χ2v) is 14.9. The number of piperazine rings is 2. The molecule has 0 spiro atoms. The van der Waals surface area contributed by atoms with Gasteiger partial charge < -0.3 is 43.7 Å². The molecule has 1 unspecified atom stereocenters. The summed E-state index contributed by atoms with van der Waals surface area (Å²) in [6.07, 6.45) is -2.18. The standard InChI is InChI=1S/C42H53F5N8O8/c1-28-24-55(25-29(2)52(28)4)37-21-35(44)33(20-36(37)51-40(58)32-6-5-31(43)19-34(32)42(45,46)47)30-22-49-41(50-23-30)54-9-7-53(8-10-54)39(57)27-63-18-16-61-14-12-59-11-13-60-15-17-62-26-38(56)48-3/h5-6,19-23,28-29H,3,7-18,24-27H2,1-2,4H3,(H,51,58)/t28-,29?/m0/s1. The summed E-state index contributed by atoms with van der Waals surface area (Å²) >= 11 is 0. The van der Waals surface area contributed by atoms with Crippen molar-refractivity contribution in [3.63, 3.8) is 0 Å². The summed E-state index contributed by atoms with van der Waals surface area (Å²) in [6, 6.07) is 4.44. The number of nitrogens with one attached hydrogen (secondary N) is 1. The third kappa shape index (κ3) is 14.2. The fraction of sp³-hybridized carbons (Fsp3) is 0.524. The number of halogens is 5. The van der Waals surface area contributed by atoms with Crippen molar-refractivity contribution in [2.45, 2.75) is 32.1 Å². The number of aliphatic imine (C=N–C) groups is 1. The normalized spacial score (nSPS) is 17.2. The number of rotatable bonds is 21. The van der Waals surface area contributed by atoms with Gasteiger partial charge in [-0.15, -0.1) is 0 Å². The van der Waals surface area contributed by atoms with Crippen molar-refractivity contribution in [2.24, 2.45) is 4.99 Å². The molecule has 2 aliphatic heterocycles. The molecular formula is C42H53F5N8O8. The van der Waals surface area contributed by atoms with Gasteiger partial charge in [0.15, 0.2) is 0 Å². The van der Waals surface area contributed by atoms with Gasteiger partial charge in [-0.1, -0.05) is 0 Å². The number of anilines is 3. The maximum absolute atomic E-state index is 16.0. The molecule has 2 aromatic carbocycles. The Balaban J connectivity index is 1.10. The summed E-state index contributed by atoms with van der Waals surface area (Å²) < 4.78 is 98.3. The molecule has 2 aliphatic rings. The first-order chi connectivity index (χ1) is 30.2. The van der Waals surface area contributed by atoms with Crippen LogP contribution in [0.4, 0.5) is 39.3 Å². The lowest BCUT2D eigenvalue weighted by molar-refractivity contribution is -0.138. The van der Waals surface area contributed by atoms with Crippen LogP contribution in [0.1, 0.15) is 29.8 Å². The van der Waals surface area contributed by atoms with Crippen LogP contribution in [-0.2, 0) is 39.4 Å². The maximum atomic E-state index is 16.0. The van der Waals surface area contributed by atoms with Crippen LogP contribution < -0.4 is 15.1 Å². The molecule has 0 saturated carbocycles. The van der Waals surface area contributed by atoms with E-state index in [0.717, 1.165) is 12.1 Å². The quantitative estimate of drug-likeness (QED) is 0.0923. The number of nitrogens with zero attached hydrogens (tertiary/aromatic N) is 7. The number of amides is 3. The molecule has 21 heteroatoms. The first kappa shape index (κ1) is 48.8. The lowest BCUT2D eigenvalue weighted by atomic mass is 10.0. The Morgan fingerprint density at radius 3 is 1.90 bits per heavy atom. The zero-order chi connectivity index (χ0) is 45.5. The van der Waals surface area contributed by atoms with Crippen molar-refractivity contribution >= 4 is 41.8 Å². The summed E-state index contributed by atoms with van der Waals surface area (Å²) in [7, 11) is 1.96. The molecule has 344 valence electrons. The van der Waals surface area contributed by atoms with Crippen molar-refractivity contribution in [1.82, 2.24) is 19.8 Å². The van der Waals surface area contributed by atoms with Crippen LogP contribution in [0.15, 0.2) is 47.7 Å². The Hall–Kier alpha value is -5.19. The van der Waals surface area contributed by atoms with Crippen molar-refractivity contribution in [1.29, 1.82) is 0 Å². The second kappa shape index (κ2) is 23.5. The van der Waals surface area contributed by atoms with Crippen molar-refractivity contribution in [3.8, 4) is 11.1 Å². The van der Waals surface area contributed by atoms with Gasteiger partial charge in [0, 0.05) is 74.9 Å². The second-order valence-electron chi connectivity index (χ2n) is 14.9. The van der Waals surface area contributed by atoms with Crippen LogP contribution in [0.25, 0.3) is 11.1 Å². The van der Waals surface area contributed by atoms with Gasteiger partial charge in [-0.2, -0.15) is 13.2 Å². The van der Waals surface area contributed by atoms with Gasteiger partial charge in [-0.3, -0.25) is 19.3 Å². The highest BCUT2D eigenvalue weighted by molar-refractivity contribution is 6.07. The molecule has 1 aromatic heterocycles. The van der Waals surface area contributed by atoms with Crippen molar-refractivity contribution in [2.75, 3.05) is 128 Å². The smallest absolute Gasteiger partial charge is 0.377 e. The summed E-state index contributed by atoms with van der Waals surface area (Å²) in [5.74, 6) is -3.23. The molecule has 2 fully saturated rings. The topological polar surface area (TPSA) is 160 Å². The van der Waals surface area contributed by atoms with E-state index in [1.54, 1.807) is 4.90 Å². The lowest BCUT2D eigenvalue weighted by Gasteiger charge is -2.44. The molecule has 2 saturated heterocycles. The van der Waals surface area contributed by atoms with Gasteiger partial charge in [0.1, 0.15) is 24.8 Å². The number of hydrogen-bond donors (Lipinski definition) is 1. The number of hydrogen-bond acceptors (Lipinski definition) is 13. The minimum atomic E-state index is -5.01. The van der Waals surface area contributed by atoms with E-state index in [4.69, 9.17) is 23.7 Å². The van der Waals surface area contributed by atoms with E-state index in [9.17, 15) is 31.9 Å². The largest absolute Gasteiger partial charge is 0.417 e. The van der Waals surface area contributed by atoms with E-state index in [2.05, 4.69) is 31.9 Å². The Morgan fingerprint density at radius 2 is 1.35 bits per heavy atom. The first-order valence-corrected chi connectivity index (χ1v) is 20.4. The van der Waals surface area contributed by atoms with Crippen LogP contribution in [0, 0.1) is 11.6 Å². The monoisotopic (exact) mass is 892 g/mol. The van der Waals surface area contributed by atoms with Crippen molar-refractivity contribution in [3.05, 3.63) is 65.5 Å². The minimum Gasteiger partial charge on any atom is -0.377 e. The van der Waals surface area contributed by atoms with Crippen LogP contribution in [0.2, 0.25) is 0 Å². The Labute approximate surface area is 362 Å². The molecule has 3 heterocycles. The molecule has 0 aliphatic carbocycles. The van der Waals surface area contributed by atoms with Crippen LogP contribution in [-0.4, -0.2) is 169 Å². The third-order valence-corrected chi connectivity index (χ3v) is 10.5. The number of aromatic nitrogens is 2. The average Bonchev–Trinajstić information content (AvgIpc) is 3.26. The average molecular weight is 893 g/mol.